The van der Waals surface area contributed by atoms with Crippen LogP contribution in [0.25, 0.3) is 0 Å². The van der Waals surface area contributed by atoms with E-state index < -0.39 is 0 Å². The lowest BCUT2D eigenvalue weighted by atomic mass is 9.91. The van der Waals surface area contributed by atoms with Crippen molar-refractivity contribution in [1.29, 1.82) is 5.26 Å². The molecule has 1 unspecified atom stereocenters. The minimum atomic E-state index is -0.271. The summed E-state index contributed by atoms with van der Waals surface area (Å²) in [7, 11) is 0. The second-order valence-corrected chi connectivity index (χ2v) is 5.66. The van der Waals surface area contributed by atoms with Gasteiger partial charge in [0.15, 0.2) is 0 Å². The second-order valence-electron chi connectivity index (χ2n) is 5.66. The third-order valence-corrected chi connectivity index (χ3v) is 3.54. The molecule has 1 aliphatic heterocycles. The van der Waals surface area contributed by atoms with Crippen LogP contribution in [0.2, 0.25) is 0 Å². The first kappa shape index (κ1) is 14.5. The van der Waals surface area contributed by atoms with Gasteiger partial charge in [0.05, 0.1) is 6.07 Å². The van der Waals surface area contributed by atoms with Crippen molar-refractivity contribution in [3.8, 4) is 6.07 Å². The predicted molar refractivity (Wildman–Crippen MR) is 71.8 cm³/mol. The summed E-state index contributed by atoms with van der Waals surface area (Å²) in [4.78, 5) is 2.50. The van der Waals surface area contributed by atoms with Crippen LogP contribution in [-0.4, -0.2) is 36.6 Å². The molecule has 0 spiro atoms. The van der Waals surface area contributed by atoms with Crippen molar-refractivity contribution >= 4 is 0 Å². The molecule has 98 valence electrons. The molecular weight excluding hydrogens is 210 g/mol. The molecule has 0 aromatic carbocycles. The summed E-state index contributed by atoms with van der Waals surface area (Å²) in [6.07, 6.45) is 4.31. The number of hydrogen-bond donors (Lipinski definition) is 1. The lowest BCUT2D eigenvalue weighted by Crippen LogP contribution is -2.46. The van der Waals surface area contributed by atoms with Crippen molar-refractivity contribution in [2.75, 3.05) is 26.2 Å². The lowest BCUT2D eigenvalue weighted by Gasteiger charge is -2.27. The molecule has 1 fully saturated rings. The van der Waals surface area contributed by atoms with Crippen LogP contribution >= 0.6 is 0 Å². The number of hydrogen-bond acceptors (Lipinski definition) is 3. The number of nitriles is 1. The lowest BCUT2D eigenvalue weighted by molar-refractivity contribution is 0.274. The Morgan fingerprint density at radius 1 is 1.35 bits per heavy atom. The molecular formula is C14H27N3. The number of nitrogens with zero attached hydrogens (tertiary/aromatic N) is 2. The molecule has 1 atom stereocenters. The van der Waals surface area contributed by atoms with E-state index in [4.69, 9.17) is 0 Å². The molecule has 0 saturated carbocycles. The highest BCUT2D eigenvalue weighted by molar-refractivity contribution is 5.08. The van der Waals surface area contributed by atoms with E-state index >= 15 is 0 Å². The monoisotopic (exact) mass is 237 g/mol. The third-order valence-electron chi connectivity index (χ3n) is 3.54. The molecule has 0 aliphatic carbocycles. The summed E-state index contributed by atoms with van der Waals surface area (Å²) >= 11 is 0. The first-order valence-electron chi connectivity index (χ1n) is 7.00. The first-order valence-corrected chi connectivity index (χ1v) is 7.00. The predicted octanol–water partition coefficient (Wildman–Crippen LogP) is 2.39. The van der Waals surface area contributed by atoms with Crippen LogP contribution in [0.4, 0.5) is 0 Å². The molecule has 0 bridgehead atoms. The van der Waals surface area contributed by atoms with Crippen LogP contribution in [0, 0.1) is 17.2 Å². The van der Waals surface area contributed by atoms with Gasteiger partial charge in [-0.3, -0.25) is 5.32 Å². The van der Waals surface area contributed by atoms with Gasteiger partial charge in [-0.1, -0.05) is 20.8 Å². The molecule has 1 rings (SSSR count). The summed E-state index contributed by atoms with van der Waals surface area (Å²) in [5.41, 5.74) is -0.271. The Balaban J connectivity index is 2.53. The molecule has 1 aliphatic rings. The van der Waals surface area contributed by atoms with Crippen LogP contribution in [0.3, 0.4) is 0 Å². The summed E-state index contributed by atoms with van der Waals surface area (Å²) in [6, 6.07) is 2.54. The Morgan fingerprint density at radius 2 is 2.12 bits per heavy atom. The largest absolute Gasteiger partial charge is 0.303 e. The van der Waals surface area contributed by atoms with Crippen molar-refractivity contribution in [1.82, 2.24) is 10.2 Å². The smallest absolute Gasteiger partial charge is 0.108 e. The van der Waals surface area contributed by atoms with Gasteiger partial charge in [0.25, 0.3) is 0 Å². The van der Waals surface area contributed by atoms with Gasteiger partial charge in [-0.2, -0.15) is 5.26 Å². The van der Waals surface area contributed by atoms with Gasteiger partial charge in [0, 0.05) is 6.54 Å². The average Bonchev–Trinajstić information content (AvgIpc) is 2.51. The zero-order valence-corrected chi connectivity index (χ0v) is 11.6. The van der Waals surface area contributed by atoms with Crippen LogP contribution < -0.4 is 5.32 Å². The van der Waals surface area contributed by atoms with E-state index in [9.17, 15) is 5.26 Å². The summed E-state index contributed by atoms with van der Waals surface area (Å²) < 4.78 is 0. The number of rotatable bonds is 5. The molecule has 3 nitrogen and oxygen atoms in total. The van der Waals surface area contributed by atoms with Gasteiger partial charge < -0.3 is 4.90 Å². The standard InChI is InChI=1S/C14H27N3/c1-4-8-17-9-5-6-14(12-15,7-10-17)16-11-13(2)3/h13,16H,4-11H2,1-3H3. The third kappa shape index (κ3) is 4.65. The van der Waals surface area contributed by atoms with Gasteiger partial charge in [-0.15, -0.1) is 0 Å². The summed E-state index contributed by atoms with van der Waals surface area (Å²) in [5.74, 6) is 0.607. The van der Waals surface area contributed by atoms with Crippen molar-refractivity contribution < 1.29 is 0 Å². The van der Waals surface area contributed by atoms with Crippen LogP contribution in [0.15, 0.2) is 0 Å². The number of nitrogens with one attached hydrogen (secondary N) is 1. The van der Waals surface area contributed by atoms with Gasteiger partial charge in [0.1, 0.15) is 5.54 Å². The Labute approximate surface area is 106 Å². The maximum atomic E-state index is 9.46. The van der Waals surface area contributed by atoms with Crippen molar-refractivity contribution in [2.24, 2.45) is 5.92 Å². The van der Waals surface area contributed by atoms with E-state index in [0.717, 1.165) is 38.9 Å². The second kappa shape index (κ2) is 6.98. The molecule has 1 N–H and O–H groups in total. The van der Waals surface area contributed by atoms with E-state index in [1.54, 1.807) is 0 Å². The van der Waals surface area contributed by atoms with Gasteiger partial charge >= 0.3 is 0 Å². The van der Waals surface area contributed by atoms with Gasteiger partial charge in [0.2, 0.25) is 0 Å². The minimum absolute atomic E-state index is 0.271. The highest BCUT2D eigenvalue weighted by Crippen LogP contribution is 2.22. The van der Waals surface area contributed by atoms with Gasteiger partial charge in [-0.25, -0.2) is 0 Å². The molecule has 0 aromatic heterocycles. The molecule has 17 heavy (non-hydrogen) atoms. The molecule has 3 heteroatoms. The fourth-order valence-corrected chi connectivity index (χ4v) is 2.46. The Hall–Kier alpha value is -0.590. The van der Waals surface area contributed by atoms with E-state index in [1.807, 2.05) is 0 Å². The zero-order valence-electron chi connectivity index (χ0n) is 11.6. The van der Waals surface area contributed by atoms with E-state index in [0.29, 0.717) is 5.92 Å². The van der Waals surface area contributed by atoms with Crippen LogP contribution in [0.5, 0.6) is 0 Å². The topological polar surface area (TPSA) is 39.1 Å². The average molecular weight is 237 g/mol. The van der Waals surface area contributed by atoms with Gasteiger partial charge in [-0.05, 0) is 51.2 Å². The normalized spacial score (nSPS) is 26.8. The molecule has 0 radical (unpaired) electrons. The van der Waals surface area contributed by atoms with Crippen molar-refractivity contribution in [2.45, 2.75) is 52.0 Å². The summed E-state index contributed by atoms with van der Waals surface area (Å²) in [6.45, 7) is 10.9. The molecule has 1 heterocycles. The Morgan fingerprint density at radius 3 is 2.71 bits per heavy atom. The molecule has 0 aromatic rings. The Kier molecular flexibility index (Phi) is 5.94. The van der Waals surface area contributed by atoms with Crippen LogP contribution in [0.1, 0.15) is 46.5 Å². The van der Waals surface area contributed by atoms with E-state index in [-0.39, 0.29) is 5.54 Å². The number of likely N-dealkylation sites (tertiary alicyclic amines) is 1. The fraction of sp³-hybridized carbons (Fsp3) is 0.929. The fourth-order valence-electron chi connectivity index (χ4n) is 2.46. The highest BCUT2D eigenvalue weighted by atomic mass is 15.1. The Bertz CT molecular complexity index is 257. The maximum Gasteiger partial charge on any atom is 0.108 e. The summed E-state index contributed by atoms with van der Waals surface area (Å²) in [5, 5.41) is 13.0. The quantitative estimate of drug-likeness (QED) is 0.798. The zero-order chi connectivity index (χ0) is 12.7. The minimum Gasteiger partial charge on any atom is -0.303 e. The highest BCUT2D eigenvalue weighted by Gasteiger charge is 2.31. The van der Waals surface area contributed by atoms with E-state index in [1.165, 1.54) is 13.0 Å². The van der Waals surface area contributed by atoms with E-state index in [2.05, 4.69) is 37.1 Å². The molecule has 1 saturated heterocycles. The van der Waals surface area contributed by atoms with Crippen LogP contribution in [-0.2, 0) is 0 Å². The maximum absolute atomic E-state index is 9.46. The molecule has 0 amide bonds. The first-order chi connectivity index (χ1) is 8.12. The SMILES string of the molecule is CCCN1CCCC(C#N)(NCC(C)C)CC1. The van der Waals surface area contributed by atoms with Crippen molar-refractivity contribution in [3.05, 3.63) is 0 Å². The van der Waals surface area contributed by atoms with Crippen molar-refractivity contribution in [3.63, 3.8) is 0 Å².